The Kier molecular flexibility index (Phi) is 2.39. The molecule has 0 amide bonds. The number of allylic oxidation sites excluding steroid dienone is 1. The van der Waals surface area contributed by atoms with Crippen LogP contribution in [0, 0.1) is 11.3 Å². The van der Waals surface area contributed by atoms with E-state index < -0.39 is 17.9 Å². The molecule has 2 fully saturated rings. The van der Waals surface area contributed by atoms with E-state index in [9.17, 15) is 10.2 Å². The molecule has 118 valence electrons. The van der Waals surface area contributed by atoms with Crippen LogP contribution < -0.4 is 5.73 Å². The maximum Gasteiger partial charge on any atom is 0.170 e. The number of aliphatic hydroxyl groups excluding tert-OH is 2. The van der Waals surface area contributed by atoms with Crippen molar-refractivity contribution in [2.24, 2.45) is 17.1 Å². The molecule has 22 heavy (non-hydrogen) atoms. The average Bonchev–Trinajstić information content (AvgIpc) is 2.78. The summed E-state index contributed by atoms with van der Waals surface area (Å²) in [4.78, 5) is 2.41. The Morgan fingerprint density at radius 2 is 2.14 bits per heavy atom. The zero-order chi connectivity index (χ0) is 15.3. The van der Waals surface area contributed by atoms with Crippen LogP contribution in [0.2, 0.25) is 0 Å². The highest BCUT2D eigenvalue weighted by molar-refractivity contribution is 5.52. The molecule has 1 spiro atoms. The number of nitrogens with two attached hydrogens (primary N) is 1. The van der Waals surface area contributed by atoms with E-state index in [2.05, 4.69) is 18.0 Å². The van der Waals surface area contributed by atoms with Crippen LogP contribution in [0.15, 0.2) is 35.5 Å². The van der Waals surface area contributed by atoms with E-state index in [4.69, 9.17) is 10.5 Å². The highest BCUT2D eigenvalue weighted by Crippen LogP contribution is 2.65. The van der Waals surface area contributed by atoms with Gasteiger partial charge in [-0.05, 0) is 37.6 Å². The number of aliphatic hydroxyl groups is 2. The van der Waals surface area contributed by atoms with E-state index in [0.29, 0.717) is 12.0 Å². The summed E-state index contributed by atoms with van der Waals surface area (Å²) < 4.78 is 6.17. The van der Waals surface area contributed by atoms with Crippen molar-refractivity contribution in [1.29, 1.82) is 0 Å². The van der Waals surface area contributed by atoms with Crippen LogP contribution in [0.3, 0.4) is 0 Å². The second-order valence-electron chi connectivity index (χ2n) is 7.48. The van der Waals surface area contributed by atoms with Gasteiger partial charge in [-0.25, -0.2) is 0 Å². The summed E-state index contributed by atoms with van der Waals surface area (Å²) >= 11 is 0. The second-order valence-corrected chi connectivity index (χ2v) is 7.48. The molecule has 5 heteroatoms. The van der Waals surface area contributed by atoms with E-state index in [0.717, 1.165) is 25.0 Å². The molecule has 4 N–H and O–H groups in total. The predicted molar refractivity (Wildman–Crippen MR) is 80.7 cm³/mol. The Labute approximate surface area is 129 Å². The lowest BCUT2D eigenvalue weighted by Crippen LogP contribution is -2.62. The Morgan fingerprint density at radius 1 is 1.32 bits per heavy atom. The highest BCUT2D eigenvalue weighted by atomic mass is 16.6. The van der Waals surface area contributed by atoms with Gasteiger partial charge in [0.1, 0.15) is 6.10 Å². The van der Waals surface area contributed by atoms with Gasteiger partial charge in [-0.2, -0.15) is 0 Å². The first kappa shape index (κ1) is 13.5. The predicted octanol–water partition coefficient (Wildman–Crippen LogP) is -0.0914. The van der Waals surface area contributed by atoms with Gasteiger partial charge in [0.2, 0.25) is 0 Å². The van der Waals surface area contributed by atoms with E-state index in [-0.39, 0.29) is 11.5 Å². The smallest absolute Gasteiger partial charge is 0.170 e. The summed E-state index contributed by atoms with van der Waals surface area (Å²) in [5.41, 5.74) is 7.36. The zero-order valence-corrected chi connectivity index (χ0v) is 12.6. The molecule has 5 nitrogen and oxygen atoms in total. The lowest BCUT2D eigenvalue weighted by Gasteiger charge is -2.57. The molecule has 5 rings (SSSR count). The summed E-state index contributed by atoms with van der Waals surface area (Å²) in [6.07, 6.45) is 7.74. The number of hydrogen-bond acceptors (Lipinski definition) is 5. The molecule has 0 saturated carbocycles. The first-order valence-corrected chi connectivity index (χ1v) is 8.12. The monoisotopic (exact) mass is 302 g/mol. The van der Waals surface area contributed by atoms with Crippen molar-refractivity contribution in [1.82, 2.24) is 4.90 Å². The topological polar surface area (TPSA) is 79.0 Å². The summed E-state index contributed by atoms with van der Waals surface area (Å²) in [5, 5.41) is 21.0. The maximum absolute atomic E-state index is 10.5. The number of likely N-dealkylation sites (tertiary alicyclic amines) is 1. The minimum absolute atomic E-state index is 0.264. The van der Waals surface area contributed by atoms with Crippen LogP contribution in [0.25, 0.3) is 0 Å². The number of piperidine rings is 1. The van der Waals surface area contributed by atoms with E-state index in [1.807, 2.05) is 12.2 Å². The largest absolute Gasteiger partial charge is 0.386 e. The van der Waals surface area contributed by atoms with Gasteiger partial charge < -0.3 is 19.8 Å². The van der Waals surface area contributed by atoms with Crippen molar-refractivity contribution in [3.8, 4) is 0 Å². The Morgan fingerprint density at radius 3 is 2.95 bits per heavy atom. The average molecular weight is 302 g/mol. The number of ether oxygens (including phenoxy) is 1. The molecule has 2 saturated heterocycles. The molecule has 3 aliphatic carbocycles. The Hall–Kier alpha value is -0.980. The number of nitrogens with zero attached hydrogens (tertiary/aromatic N) is 1. The summed E-state index contributed by atoms with van der Waals surface area (Å²) in [6, 6.07) is 0.407. The molecule has 5 aliphatic rings. The standard InChI is InChI=1S/C17H22N2O3/c1-19-7-6-16-10-3-4-12(20)15(16)22-17(18)13(21)5-2-9(14(16)17)8-11(10)19/h2-5,10-13,15,20-21H,6-8,18H2,1H3/t10-,11+,12-,13?,15-,16-,17?/m0/s1. The first-order chi connectivity index (χ1) is 10.5. The van der Waals surface area contributed by atoms with Crippen LogP contribution >= 0.6 is 0 Å². The summed E-state index contributed by atoms with van der Waals surface area (Å²) in [7, 11) is 2.17. The summed E-state index contributed by atoms with van der Waals surface area (Å²) in [5.74, 6) is 0.294. The molecule has 2 heterocycles. The van der Waals surface area contributed by atoms with Gasteiger partial charge in [-0.15, -0.1) is 0 Å². The minimum Gasteiger partial charge on any atom is -0.386 e. The highest BCUT2D eigenvalue weighted by Gasteiger charge is 2.70. The molecule has 0 aromatic carbocycles. The Bertz CT molecular complexity index is 642. The van der Waals surface area contributed by atoms with Crippen LogP contribution in [-0.2, 0) is 4.74 Å². The van der Waals surface area contributed by atoms with Crippen molar-refractivity contribution in [3.63, 3.8) is 0 Å². The van der Waals surface area contributed by atoms with Gasteiger partial charge in [-0.3, -0.25) is 5.73 Å². The maximum atomic E-state index is 10.5. The van der Waals surface area contributed by atoms with Crippen LogP contribution in [-0.4, -0.2) is 58.8 Å². The fourth-order valence-corrected chi connectivity index (χ4v) is 5.70. The lowest BCUT2D eigenvalue weighted by molar-refractivity contribution is -0.139. The van der Waals surface area contributed by atoms with E-state index >= 15 is 0 Å². The van der Waals surface area contributed by atoms with Gasteiger partial charge in [-0.1, -0.05) is 24.3 Å². The molecule has 0 aromatic heterocycles. The fourth-order valence-electron chi connectivity index (χ4n) is 5.70. The van der Waals surface area contributed by atoms with E-state index in [1.165, 1.54) is 5.57 Å². The van der Waals surface area contributed by atoms with Gasteiger partial charge in [0, 0.05) is 17.4 Å². The quantitative estimate of drug-likeness (QED) is 0.545. The Balaban J connectivity index is 1.81. The summed E-state index contributed by atoms with van der Waals surface area (Å²) in [6.45, 7) is 0.967. The number of rotatable bonds is 0. The van der Waals surface area contributed by atoms with Crippen LogP contribution in [0.4, 0.5) is 0 Å². The SMILES string of the molecule is CN1CC[C@]23C4=C5C=CC(O)C4(N)O[C@H]2[C@@H](O)C=C[C@H]3[C@H]1C5. The molecule has 0 radical (unpaired) electrons. The lowest BCUT2D eigenvalue weighted by atomic mass is 9.51. The first-order valence-electron chi connectivity index (χ1n) is 8.12. The molecule has 2 unspecified atom stereocenters. The van der Waals surface area contributed by atoms with Gasteiger partial charge >= 0.3 is 0 Å². The van der Waals surface area contributed by atoms with Crippen molar-refractivity contribution < 1.29 is 14.9 Å². The fraction of sp³-hybridized carbons (Fsp3) is 0.647. The van der Waals surface area contributed by atoms with Gasteiger partial charge in [0.15, 0.2) is 5.72 Å². The van der Waals surface area contributed by atoms with Crippen molar-refractivity contribution >= 4 is 0 Å². The molecular formula is C17H22N2O3. The minimum atomic E-state index is -1.18. The van der Waals surface area contributed by atoms with Crippen LogP contribution in [0.5, 0.6) is 0 Å². The third-order valence-electron chi connectivity index (χ3n) is 6.63. The van der Waals surface area contributed by atoms with Crippen molar-refractivity contribution in [2.45, 2.75) is 42.9 Å². The molecule has 0 aromatic rings. The molecular weight excluding hydrogens is 280 g/mol. The third kappa shape index (κ3) is 1.26. The molecule has 2 bridgehead atoms. The van der Waals surface area contributed by atoms with Crippen LogP contribution in [0.1, 0.15) is 12.8 Å². The zero-order valence-electron chi connectivity index (χ0n) is 12.6. The van der Waals surface area contributed by atoms with E-state index in [1.54, 1.807) is 6.08 Å². The number of hydrogen-bond donors (Lipinski definition) is 3. The third-order valence-corrected chi connectivity index (χ3v) is 6.63. The van der Waals surface area contributed by atoms with Gasteiger partial charge in [0.25, 0.3) is 0 Å². The molecule has 7 atom stereocenters. The normalized spacial score (nSPS) is 55.5. The second kappa shape index (κ2) is 3.91. The van der Waals surface area contributed by atoms with Crippen molar-refractivity contribution in [2.75, 3.05) is 13.6 Å². The van der Waals surface area contributed by atoms with Crippen molar-refractivity contribution in [3.05, 3.63) is 35.5 Å². The molecule has 2 aliphatic heterocycles. The van der Waals surface area contributed by atoms with Gasteiger partial charge in [0.05, 0.1) is 12.2 Å².